The van der Waals surface area contributed by atoms with Crippen LogP contribution >= 0.6 is 0 Å². The predicted octanol–water partition coefficient (Wildman–Crippen LogP) is 2.91. The Morgan fingerprint density at radius 1 is 1.14 bits per heavy atom. The van der Waals surface area contributed by atoms with Gasteiger partial charge in [0.05, 0.1) is 0 Å². The van der Waals surface area contributed by atoms with Crippen LogP contribution in [0.1, 0.15) is 45.4 Å². The van der Waals surface area contributed by atoms with Crippen LogP contribution in [0.5, 0.6) is 0 Å². The number of fused-ring (bicyclic) bond motifs is 3. The molecule has 2 saturated carbocycles. The van der Waals surface area contributed by atoms with Gasteiger partial charge in [0.1, 0.15) is 0 Å². The summed E-state index contributed by atoms with van der Waals surface area (Å²) in [6.07, 6.45) is 9.17. The largest absolute Gasteiger partial charge is 0.300 e. The van der Waals surface area contributed by atoms with Crippen molar-refractivity contribution in [2.45, 2.75) is 57.5 Å². The van der Waals surface area contributed by atoms with Crippen molar-refractivity contribution in [1.82, 2.24) is 4.90 Å². The summed E-state index contributed by atoms with van der Waals surface area (Å²) >= 11 is 0. The molecule has 4 aliphatic rings. The highest BCUT2D eigenvalue weighted by atomic mass is 15.2. The van der Waals surface area contributed by atoms with Crippen molar-refractivity contribution < 1.29 is 0 Å². The van der Waals surface area contributed by atoms with E-state index in [9.17, 15) is 0 Å². The molecule has 2 saturated heterocycles. The van der Waals surface area contributed by atoms with Crippen molar-refractivity contribution in [3.63, 3.8) is 0 Å². The molecule has 2 heterocycles. The number of hydrogen-bond donors (Lipinski definition) is 0. The summed E-state index contributed by atoms with van der Waals surface area (Å²) in [6.45, 7) is 2.43. The highest BCUT2D eigenvalue weighted by Gasteiger charge is 2.44. The zero-order valence-corrected chi connectivity index (χ0v) is 9.58. The second-order valence-electron chi connectivity index (χ2n) is 5.99. The monoisotopic (exact) mass is 193 g/mol. The maximum Gasteiger partial charge on any atom is 0.0124 e. The molecule has 2 aliphatic heterocycles. The molecule has 0 N–H and O–H groups in total. The van der Waals surface area contributed by atoms with Crippen LogP contribution in [0.25, 0.3) is 0 Å². The molecule has 0 aromatic carbocycles. The summed E-state index contributed by atoms with van der Waals surface area (Å²) in [5.74, 6) is 3.21. The number of nitrogens with zero attached hydrogens (tertiary/aromatic N) is 1. The van der Waals surface area contributed by atoms with Crippen molar-refractivity contribution >= 4 is 0 Å². The van der Waals surface area contributed by atoms with E-state index in [-0.39, 0.29) is 0 Å². The van der Waals surface area contributed by atoms with Crippen molar-refractivity contribution in [2.75, 3.05) is 7.05 Å². The lowest BCUT2D eigenvalue weighted by molar-refractivity contribution is -0.0297. The fourth-order valence-electron chi connectivity index (χ4n) is 3.93. The first-order valence-corrected chi connectivity index (χ1v) is 6.47. The minimum Gasteiger partial charge on any atom is -0.300 e. The summed E-state index contributed by atoms with van der Waals surface area (Å²) in [5.41, 5.74) is 0. The van der Waals surface area contributed by atoms with E-state index in [1.54, 1.807) is 12.8 Å². The molecule has 0 spiro atoms. The Kier molecular flexibility index (Phi) is 2.12. The van der Waals surface area contributed by atoms with Gasteiger partial charge >= 0.3 is 0 Å². The Morgan fingerprint density at radius 3 is 2.57 bits per heavy atom. The Morgan fingerprint density at radius 2 is 1.93 bits per heavy atom. The van der Waals surface area contributed by atoms with Crippen molar-refractivity contribution in [2.24, 2.45) is 17.8 Å². The molecule has 2 aliphatic carbocycles. The third kappa shape index (κ3) is 1.41. The van der Waals surface area contributed by atoms with Crippen LogP contribution in [0.4, 0.5) is 0 Å². The Hall–Kier alpha value is -0.0400. The fraction of sp³-hybridized carbons (Fsp3) is 1.00. The van der Waals surface area contributed by atoms with Gasteiger partial charge in [-0.05, 0) is 57.4 Å². The molecule has 4 atom stereocenters. The van der Waals surface area contributed by atoms with E-state index in [1.807, 2.05) is 0 Å². The predicted molar refractivity (Wildman–Crippen MR) is 59.2 cm³/mol. The first kappa shape index (κ1) is 9.21. The Balaban J connectivity index is 1.70. The van der Waals surface area contributed by atoms with E-state index in [0.29, 0.717) is 0 Å². The highest BCUT2D eigenvalue weighted by molar-refractivity contribution is 4.98. The van der Waals surface area contributed by atoms with Gasteiger partial charge in [-0.2, -0.15) is 0 Å². The minimum atomic E-state index is 0.865. The molecule has 0 radical (unpaired) electrons. The Labute approximate surface area is 87.9 Å². The smallest absolute Gasteiger partial charge is 0.0124 e. The van der Waals surface area contributed by atoms with Crippen LogP contribution in [0.15, 0.2) is 0 Å². The third-order valence-corrected chi connectivity index (χ3v) is 5.16. The first-order chi connectivity index (χ1) is 6.75. The van der Waals surface area contributed by atoms with Gasteiger partial charge in [0.15, 0.2) is 0 Å². The SMILES string of the molecule is CC1C2CCC(C(CC3CC3)C2)N1C. The van der Waals surface area contributed by atoms with E-state index < -0.39 is 0 Å². The van der Waals surface area contributed by atoms with Gasteiger partial charge in [-0.1, -0.05) is 12.8 Å². The van der Waals surface area contributed by atoms with Gasteiger partial charge in [-0.3, -0.25) is 0 Å². The van der Waals surface area contributed by atoms with Crippen LogP contribution in [0, 0.1) is 17.8 Å². The molecule has 4 rings (SSSR count). The molecule has 0 aromatic rings. The van der Waals surface area contributed by atoms with Crippen LogP contribution in [-0.4, -0.2) is 24.0 Å². The van der Waals surface area contributed by atoms with Gasteiger partial charge in [0.25, 0.3) is 0 Å². The quantitative estimate of drug-likeness (QED) is 0.652. The Bertz CT molecular complexity index is 219. The molecule has 80 valence electrons. The highest BCUT2D eigenvalue weighted by Crippen LogP contribution is 2.47. The summed E-state index contributed by atoms with van der Waals surface area (Å²) in [5, 5.41) is 0. The van der Waals surface area contributed by atoms with Crippen LogP contribution in [-0.2, 0) is 0 Å². The summed E-state index contributed by atoms with van der Waals surface area (Å²) in [6, 6.07) is 1.81. The van der Waals surface area contributed by atoms with Crippen LogP contribution in [0.2, 0.25) is 0 Å². The lowest BCUT2D eigenvalue weighted by atomic mass is 9.68. The van der Waals surface area contributed by atoms with Gasteiger partial charge in [0, 0.05) is 12.1 Å². The van der Waals surface area contributed by atoms with Gasteiger partial charge < -0.3 is 4.90 Å². The number of hydrogen-bond acceptors (Lipinski definition) is 1. The average Bonchev–Trinajstić information content (AvgIpc) is 2.97. The maximum atomic E-state index is 2.69. The zero-order chi connectivity index (χ0) is 9.71. The molecule has 2 bridgehead atoms. The standard InChI is InChI=1S/C13H23N/c1-9-11-5-6-13(14(9)2)12(8-11)7-10-3-4-10/h9-13H,3-8H2,1-2H3. The van der Waals surface area contributed by atoms with Crippen LogP contribution < -0.4 is 0 Å². The average molecular weight is 193 g/mol. The zero-order valence-electron chi connectivity index (χ0n) is 9.58. The molecule has 4 fully saturated rings. The molecular formula is C13H23N. The maximum absolute atomic E-state index is 2.69. The molecule has 0 aromatic heterocycles. The second kappa shape index (κ2) is 3.23. The van der Waals surface area contributed by atoms with Gasteiger partial charge in [0.2, 0.25) is 0 Å². The lowest BCUT2D eigenvalue weighted by Gasteiger charge is -2.53. The van der Waals surface area contributed by atoms with Crippen molar-refractivity contribution in [1.29, 1.82) is 0 Å². The topological polar surface area (TPSA) is 3.24 Å². The minimum absolute atomic E-state index is 0.865. The molecule has 14 heavy (non-hydrogen) atoms. The second-order valence-corrected chi connectivity index (χ2v) is 5.99. The third-order valence-electron chi connectivity index (χ3n) is 5.16. The van der Waals surface area contributed by atoms with E-state index in [1.165, 1.54) is 25.7 Å². The summed E-state index contributed by atoms with van der Waals surface area (Å²) in [7, 11) is 2.36. The molecule has 1 heteroatoms. The van der Waals surface area contributed by atoms with Crippen molar-refractivity contribution in [3.05, 3.63) is 0 Å². The normalized spacial score (nSPS) is 48.4. The molecule has 0 amide bonds. The fourth-order valence-corrected chi connectivity index (χ4v) is 3.93. The van der Waals surface area contributed by atoms with Crippen LogP contribution in [0.3, 0.4) is 0 Å². The first-order valence-electron chi connectivity index (χ1n) is 6.47. The number of rotatable bonds is 2. The molecule has 4 unspecified atom stereocenters. The van der Waals surface area contributed by atoms with E-state index in [2.05, 4.69) is 18.9 Å². The van der Waals surface area contributed by atoms with E-state index in [4.69, 9.17) is 0 Å². The van der Waals surface area contributed by atoms with E-state index in [0.717, 1.165) is 29.8 Å². The molecular weight excluding hydrogens is 170 g/mol. The van der Waals surface area contributed by atoms with Crippen molar-refractivity contribution in [3.8, 4) is 0 Å². The summed E-state index contributed by atoms with van der Waals surface area (Å²) in [4.78, 5) is 2.69. The van der Waals surface area contributed by atoms with E-state index >= 15 is 0 Å². The lowest BCUT2D eigenvalue weighted by Crippen LogP contribution is -2.56. The van der Waals surface area contributed by atoms with Gasteiger partial charge in [-0.25, -0.2) is 0 Å². The number of piperidine rings is 2. The summed E-state index contributed by atoms with van der Waals surface area (Å²) < 4.78 is 0. The van der Waals surface area contributed by atoms with Gasteiger partial charge in [-0.15, -0.1) is 0 Å². The molecule has 1 nitrogen and oxygen atoms in total.